The van der Waals surface area contributed by atoms with Crippen molar-refractivity contribution in [2.24, 2.45) is 0 Å². The summed E-state index contributed by atoms with van der Waals surface area (Å²) in [5.74, 6) is 0.264. The Balaban J connectivity index is 2.09. The van der Waals surface area contributed by atoms with E-state index in [1.807, 2.05) is 17.0 Å². The molecule has 1 aromatic rings. The lowest BCUT2D eigenvalue weighted by Gasteiger charge is -2.22. The number of rotatable bonds is 4. The van der Waals surface area contributed by atoms with E-state index in [2.05, 4.69) is 24.4 Å². The highest BCUT2D eigenvalue weighted by molar-refractivity contribution is 5.94. The average molecular weight is 246 g/mol. The normalized spacial score (nSPS) is 15.1. The Bertz CT molecular complexity index is 403. The molecule has 1 heterocycles. The zero-order valence-corrected chi connectivity index (χ0v) is 11.1. The van der Waals surface area contributed by atoms with Gasteiger partial charge in [0.25, 0.3) is 0 Å². The van der Waals surface area contributed by atoms with E-state index >= 15 is 0 Å². The van der Waals surface area contributed by atoms with E-state index in [0.717, 1.165) is 44.6 Å². The van der Waals surface area contributed by atoms with Gasteiger partial charge in [0.2, 0.25) is 5.91 Å². The largest absolute Gasteiger partial charge is 0.311 e. The molecule has 0 unspecified atom stereocenters. The van der Waals surface area contributed by atoms with Gasteiger partial charge in [0.1, 0.15) is 0 Å². The van der Waals surface area contributed by atoms with Gasteiger partial charge in [-0.05, 0) is 18.1 Å². The smallest absolute Gasteiger partial charge is 0.227 e. The molecule has 1 aliphatic rings. The summed E-state index contributed by atoms with van der Waals surface area (Å²) in [4.78, 5) is 14.2. The number of amides is 1. The quantitative estimate of drug-likeness (QED) is 0.828. The number of hydrogen-bond acceptors (Lipinski definition) is 2. The third-order valence-corrected chi connectivity index (χ3v) is 3.41. The maximum absolute atomic E-state index is 12.3. The van der Waals surface area contributed by atoms with E-state index in [9.17, 15) is 4.79 Å². The van der Waals surface area contributed by atoms with Crippen LogP contribution in [0.3, 0.4) is 0 Å². The minimum atomic E-state index is 0.264. The van der Waals surface area contributed by atoms with E-state index < -0.39 is 0 Å². The van der Waals surface area contributed by atoms with Crippen molar-refractivity contribution in [2.45, 2.75) is 39.2 Å². The summed E-state index contributed by atoms with van der Waals surface area (Å²) in [7, 11) is 0. The molecule has 0 radical (unpaired) electrons. The Morgan fingerprint density at radius 3 is 3.00 bits per heavy atom. The highest BCUT2D eigenvalue weighted by Gasteiger charge is 2.19. The van der Waals surface area contributed by atoms with Gasteiger partial charge in [0, 0.05) is 31.7 Å². The number of para-hydroxylation sites is 1. The fourth-order valence-corrected chi connectivity index (χ4v) is 2.38. The van der Waals surface area contributed by atoms with Gasteiger partial charge in [-0.25, -0.2) is 0 Å². The Morgan fingerprint density at radius 2 is 2.17 bits per heavy atom. The lowest BCUT2D eigenvalue weighted by atomic mass is 10.1. The zero-order chi connectivity index (χ0) is 12.8. The summed E-state index contributed by atoms with van der Waals surface area (Å²) < 4.78 is 0. The van der Waals surface area contributed by atoms with Crippen LogP contribution in [0.2, 0.25) is 0 Å². The highest BCUT2D eigenvalue weighted by Crippen LogP contribution is 2.23. The zero-order valence-electron chi connectivity index (χ0n) is 11.1. The van der Waals surface area contributed by atoms with Gasteiger partial charge >= 0.3 is 0 Å². The standard InChI is InChI=1S/C15H22N2O/c1-2-3-4-9-15(18)17-11-10-16-12-13-7-5-6-8-14(13)17/h5-8,16H,2-4,9-12H2,1H3. The molecule has 1 aliphatic heterocycles. The molecule has 3 nitrogen and oxygen atoms in total. The molecule has 0 saturated carbocycles. The van der Waals surface area contributed by atoms with Crippen molar-refractivity contribution < 1.29 is 4.79 Å². The van der Waals surface area contributed by atoms with Crippen LogP contribution in [0, 0.1) is 0 Å². The molecule has 0 aliphatic carbocycles. The molecule has 0 atom stereocenters. The lowest BCUT2D eigenvalue weighted by molar-refractivity contribution is -0.118. The number of anilines is 1. The molecule has 3 heteroatoms. The number of carbonyl (C=O) groups excluding carboxylic acids is 1. The molecule has 2 rings (SSSR count). The van der Waals surface area contributed by atoms with Crippen molar-refractivity contribution in [3.63, 3.8) is 0 Å². The molecule has 1 amide bonds. The van der Waals surface area contributed by atoms with Gasteiger partial charge in [-0.2, -0.15) is 0 Å². The molecule has 1 aromatic carbocycles. The summed E-state index contributed by atoms with van der Waals surface area (Å²) >= 11 is 0. The number of benzene rings is 1. The predicted octanol–water partition coefficient (Wildman–Crippen LogP) is 2.70. The molecule has 0 bridgehead atoms. The maximum atomic E-state index is 12.3. The van der Waals surface area contributed by atoms with E-state index in [1.54, 1.807) is 0 Å². The second kappa shape index (κ2) is 6.55. The average Bonchev–Trinajstić information content (AvgIpc) is 2.61. The third kappa shape index (κ3) is 3.10. The number of nitrogens with one attached hydrogen (secondary N) is 1. The summed E-state index contributed by atoms with van der Waals surface area (Å²) in [6, 6.07) is 8.20. The highest BCUT2D eigenvalue weighted by atomic mass is 16.2. The van der Waals surface area contributed by atoms with Gasteiger partial charge in [0.15, 0.2) is 0 Å². The van der Waals surface area contributed by atoms with Gasteiger partial charge in [-0.15, -0.1) is 0 Å². The first-order valence-electron chi connectivity index (χ1n) is 6.92. The van der Waals surface area contributed by atoms with Crippen molar-refractivity contribution in [1.29, 1.82) is 0 Å². The third-order valence-electron chi connectivity index (χ3n) is 3.41. The van der Waals surface area contributed by atoms with Crippen molar-refractivity contribution >= 4 is 11.6 Å². The number of hydrogen-bond donors (Lipinski definition) is 1. The van der Waals surface area contributed by atoms with E-state index in [-0.39, 0.29) is 5.91 Å². The van der Waals surface area contributed by atoms with Crippen LogP contribution in [0.25, 0.3) is 0 Å². The molecule has 1 N–H and O–H groups in total. The van der Waals surface area contributed by atoms with Gasteiger partial charge in [-0.3, -0.25) is 4.79 Å². The Labute approximate surface area is 109 Å². The van der Waals surface area contributed by atoms with Gasteiger partial charge < -0.3 is 10.2 Å². The van der Waals surface area contributed by atoms with Crippen molar-refractivity contribution in [1.82, 2.24) is 5.32 Å². The molecule has 0 aromatic heterocycles. The number of fused-ring (bicyclic) bond motifs is 1. The van der Waals surface area contributed by atoms with Crippen LogP contribution in [0.5, 0.6) is 0 Å². The number of nitrogens with zero attached hydrogens (tertiary/aromatic N) is 1. The van der Waals surface area contributed by atoms with E-state index in [4.69, 9.17) is 0 Å². The first kappa shape index (κ1) is 13.1. The molecule has 0 spiro atoms. The van der Waals surface area contributed by atoms with Crippen LogP contribution in [-0.2, 0) is 11.3 Å². The van der Waals surface area contributed by atoms with Crippen molar-refractivity contribution in [2.75, 3.05) is 18.0 Å². The number of unbranched alkanes of at least 4 members (excludes halogenated alkanes) is 2. The first-order chi connectivity index (χ1) is 8.83. The Kier molecular flexibility index (Phi) is 4.76. The topological polar surface area (TPSA) is 32.3 Å². The SMILES string of the molecule is CCCCCC(=O)N1CCNCc2ccccc21. The van der Waals surface area contributed by atoms with Crippen LogP contribution in [0.4, 0.5) is 5.69 Å². The monoisotopic (exact) mass is 246 g/mol. The summed E-state index contributed by atoms with van der Waals surface area (Å²) in [6.45, 7) is 4.67. The molecular formula is C15H22N2O. The van der Waals surface area contributed by atoms with Crippen molar-refractivity contribution in [3.05, 3.63) is 29.8 Å². The minimum Gasteiger partial charge on any atom is -0.311 e. The fourth-order valence-electron chi connectivity index (χ4n) is 2.38. The minimum absolute atomic E-state index is 0.264. The van der Waals surface area contributed by atoms with E-state index in [1.165, 1.54) is 5.56 Å². The van der Waals surface area contributed by atoms with Crippen LogP contribution < -0.4 is 10.2 Å². The lowest BCUT2D eigenvalue weighted by Crippen LogP contribution is -2.34. The first-order valence-corrected chi connectivity index (χ1v) is 6.92. The Morgan fingerprint density at radius 1 is 1.33 bits per heavy atom. The van der Waals surface area contributed by atoms with Gasteiger partial charge in [0.05, 0.1) is 0 Å². The molecule has 98 valence electrons. The molecule has 18 heavy (non-hydrogen) atoms. The van der Waals surface area contributed by atoms with Gasteiger partial charge in [-0.1, -0.05) is 38.0 Å². The van der Waals surface area contributed by atoms with Crippen LogP contribution >= 0.6 is 0 Å². The van der Waals surface area contributed by atoms with Crippen LogP contribution in [-0.4, -0.2) is 19.0 Å². The summed E-state index contributed by atoms with van der Waals surface area (Å²) in [5.41, 5.74) is 2.31. The maximum Gasteiger partial charge on any atom is 0.227 e. The van der Waals surface area contributed by atoms with Crippen molar-refractivity contribution in [3.8, 4) is 0 Å². The number of carbonyl (C=O) groups is 1. The molecule has 0 fully saturated rings. The predicted molar refractivity (Wildman–Crippen MR) is 74.6 cm³/mol. The summed E-state index contributed by atoms with van der Waals surface area (Å²) in [5, 5.41) is 3.36. The molecule has 0 saturated heterocycles. The van der Waals surface area contributed by atoms with E-state index in [0.29, 0.717) is 6.42 Å². The second-order valence-electron chi connectivity index (χ2n) is 4.81. The fraction of sp³-hybridized carbons (Fsp3) is 0.533. The Hall–Kier alpha value is -1.35. The second-order valence-corrected chi connectivity index (χ2v) is 4.81. The van der Waals surface area contributed by atoms with Crippen LogP contribution in [0.1, 0.15) is 38.2 Å². The summed E-state index contributed by atoms with van der Waals surface area (Å²) in [6.07, 6.45) is 3.97. The van der Waals surface area contributed by atoms with Crippen LogP contribution in [0.15, 0.2) is 24.3 Å². The molecular weight excluding hydrogens is 224 g/mol.